The van der Waals surface area contributed by atoms with E-state index >= 15 is 0 Å². The smallest absolute Gasteiger partial charge is 0.0813 e. The Labute approximate surface area is 128 Å². The van der Waals surface area contributed by atoms with Crippen LogP contribution >= 0.6 is 0 Å². The van der Waals surface area contributed by atoms with Gasteiger partial charge in [-0.15, -0.1) is 0 Å². The van der Waals surface area contributed by atoms with Gasteiger partial charge in [-0.1, -0.05) is 30.3 Å². The van der Waals surface area contributed by atoms with E-state index in [9.17, 15) is 0 Å². The molecule has 1 aromatic rings. The van der Waals surface area contributed by atoms with Crippen molar-refractivity contribution in [3.63, 3.8) is 0 Å². The molecule has 21 heavy (non-hydrogen) atoms. The van der Waals surface area contributed by atoms with Gasteiger partial charge in [0.25, 0.3) is 0 Å². The van der Waals surface area contributed by atoms with Crippen molar-refractivity contribution >= 4 is 0 Å². The van der Waals surface area contributed by atoms with Gasteiger partial charge in [0.05, 0.1) is 18.8 Å². The van der Waals surface area contributed by atoms with Crippen molar-refractivity contribution in [3.05, 3.63) is 35.9 Å². The van der Waals surface area contributed by atoms with E-state index in [4.69, 9.17) is 9.47 Å². The molecule has 1 saturated carbocycles. The molecule has 2 aliphatic rings. The zero-order valence-electron chi connectivity index (χ0n) is 12.8. The van der Waals surface area contributed by atoms with Crippen LogP contribution in [-0.4, -0.2) is 38.0 Å². The maximum absolute atomic E-state index is 6.02. The molecule has 2 atom stereocenters. The monoisotopic (exact) mass is 289 g/mol. The van der Waals surface area contributed by atoms with Crippen LogP contribution in [0.25, 0.3) is 0 Å². The van der Waals surface area contributed by atoms with Crippen LogP contribution in [0, 0.1) is 0 Å². The molecular weight excluding hydrogens is 262 g/mol. The zero-order chi connectivity index (χ0) is 14.3. The highest BCUT2D eigenvalue weighted by Gasteiger charge is 2.27. The highest BCUT2D eigenvalue weighted by Crippen LogP contribution is 2.22. The maximum Gasteiger partial charge on any atom is 0.0813 e. The Balaban J connectivity index is 1.21. The maximum atomic E-state index is 6.02. The molecular formula is C18H27NO2. The third-order valence-corrected chi connectivity index (χ3v) is 4.31. The number of hydrogen-bond donors (Lipinski definition) is 1. The molecule has 0 radical (unpaired) electrons. The first-order chi connectivity index (χ1) is 10.4. The second kappa shape index (κ2) is 7.92. The van der Waals surface area contributed by atoms with Gasteiger partial charge < -0.3 is 14.8 Å². The molecule has 1 heterocycles. The van der Waals surface area contributed by atoms with Gasteiger partial charge >= 0.3 is 0 Å². The van der Waals surface area contributed by atoms with E-state index < -0.39 is 0 Å². The summed E-state index contributed by atoms with van der Waals surface area (Å²) in [5, 5.41) is 3.55. The lowest BCUT2D eigenvalue weighted by molar-refractivity contribution is -0.0147. The average Bonchev–Trinajstić information content (AvgIpc) is 3.25. The Morgan fingerprint density at radius 1 is 1.05 bits per heavy atom. The van der Waals surface area contributed by atoms with Crippen molar-refractivity contribution in [2.45, 2.75) is 56.8 Å². The van der Waals surface area contributed by atoms with E-state index in [0.29, 0.717) is 12.2 Å². The number of rotatable bonds is 9. The summed E-state index contributed by atoms with van der Waals surface area (Å²) in [6.45, 7) is 2.61. The normalized spacial score (nSPS) is 25.3. The Morgan fingerprint density at radius 3 is 2.67 bits per heavy atom. The molecule has 1 saturated heterocycles. The Hall–Kier alpha value is -0.900. The lowest BCUT2D eigenvalue weighted by Crippen LogP contribution is -2.29. The fourth-order valence-corrected chi connectivity index (χ4v) is 2.88. The van der Waals surface area contributed by atoms with E-state index in [-0.39, 0.29) is 0 Å². The van der Waals surface area contributed by atoms with Crippen molar-refractivity contribution in [3.8, 4) is 0 Å². The molecule has 2 fully saturated rings. The van der Waals surface area contributed by atoms with Crippen LogP contribution in [0.2, 0.25) is 0 Å². The van der Waals surface area contributed by atoms with Crippen LogP contribution in [0.3, 0.4) is 0 Å². The molecule has 3 heteroatoms. The fraction of sp³-hybridized carbons (Fsp3) is 0.667. The van der Waals surface area contributed by atoms with Crippen molar-refractivity contribution in [1.82, 2.24) is 5.32 Å². The minimum absolute atomic E-state index is 0.313. The van der Waals surface area contributed by atoms with Gasteiger partial charge in [-0.2, -0.15) is 0 Å². The van der Waals surface area contributed by atoms with Gasteiger partial charge in [0.2, 0.25) is 0 Å². The molecule has 3 rings (SSSR count). The Kier molecular flexibility index (Phi) is 5.67. The third kappa shape index (κ3) is 5.42. The average molecular weight is 289 g/mol. The molecule has 1 aliphatic carbocycles. The minimum atomic E-state index is 0.313. The first kappa shape index (κ1) is 15.0. The van der Waals surface area contributed by atoms with Crippen LogP contribution in [0.1, 0.15) is 37.7 Å². The number of ether oxygens (including phenoxy) is 2. The van der Waals surface area contributed by atoms with Crippen LogP contribution in [-0.2, 0) is 15.9 Å². The molecule has 0 spiro atoms. The summed E-state index contributed by atoms with van der Waals surface area (Å²) in [7, 11) is 0. The Bertz CT molecular complexity index is 405. The van der Waals surface area contributed by atoms with E-state index in [1.807, 2.05) is 0 Å². The standard InChI is InChI=1S/C18H27NO2/c1-2-5-15(6-3-1)7-4-12-20-14-18-11-10-17(21-18)13-19-16-8-9-16/h1-3,5-6,16-19H,4,7-14H2. The molecule has 1 aromatic carbocycles. The molecule has 0 bridgehead atoms. The molecule has 0 amide bonds. The molecule has 1 N–H and O–H groups in total. The quantitative estimate of drug-likeness (QED) is 0.709. The summed E-state index contributed by atoms with van der Waals surface area (Å²) >= 11 is 0. The highest BCUT2D eigenvalue weighted by molar-refractivity contribution is 5.14. The largest absolute Gasteiger partial charge is 0.379 e. The van der Waals surface area contributed by atoms with Crippen LogP contribution in [0.15, 0.2) is 30.3 Å². The third-order valence-electron chi connectivity index (χ3n) is 4.31. The van der Waals surface area contributed by atoms with Crippen molar-refractivity contribution < 1.29 is 9.47 Å². The molecule has 3 nitrogen and oxygen atoms in total. The number of hydrogen-bond acceptors (Lipinski definition) is 3. The van der Waals surface area contributed by atoms with Crippen LogP contribution in [0.5, 0.6) is 0 Å². The summed E-state index contributed by atoms with van der Waals surface area (Å²) in [5.41, 5.74) is 1.39. The van der Waals surface area contributed by atoms with E-state index in [1.165, 1.54) is 24.8 Å². The van der Waals surface area contributed by atoms with Crippen molar-refractivity contribution in [2.24, 2.45) is 0 Å². The lowest BCUT2D eigenvalue weighted by Gasteiger charge is -2.14. The first-order valence-electron chi connectivity index (χ1n) is 8.40. The van der Waals surface area contributed by atoms with Gasteiger partial charge in [-0.05, 0) is 44.1 Å². The summed E-state index contributed by atoms with van der Waals surface area (Å²) in [4.78, 5) is 0. The van der Waals surface area contributed by atoms with Gasteiger partial charge in [0, 0.05) is 19.2 Å². The highest BCUT2D eigenvalue weighted by atomic mass is 16.5. The summed E-state index contributed by atoms with van der Waals surface area (Å²) in [6, 6.07) is 11.4. The van der Waals surface area contributed by atoms with E-state index in [1.54, 1.807) is 0 Å². The van der Waals surface area contributed by atoms with Gasteiger partial charge in [0.15, 0.2) is 0 Å². The number of benzene rings is 1. The first-order valence-corrected chi connectivity index (χ1v) is 8.40. The van der Waals surface area contributed by atoms with Crippen molar-refractivity contribution in [1.29, 1.82) is 0 Å². The summed E-state index contributed by atoms with van der Waals surface area (Å²) in [5.74, 6) is 0. The van der Waals surface area contributed by atoms with Gasteiger partial charge in [-0.25, -0.2) is 0 Å². The van der Waals surface area contributed by atoms with Crippen LogP contribution in [0.4, 0.5) is 0 Å². The van der Waals surface area contributed by atoms with Crippen molar-refractivity contribution in [2.75, 3.05) is 19.8 Å². The zero-order valence-corrected chi connectivity index (χ0v) is 12.8. The van der Waals surface area contributed by atoms with Crippen LogP contribution < -0.4 is 5.32 Å². The molecule has 2 unspecified atom stereocenters. The predicted molar refractivity (Wildman–Crippen MR) is 84.5 cm³/mol. The Morgan fingerprint density at radius 2 is 1.86 bits per heavy atom. The molecule has 1 aliphatic heterocycles. The van der Waals surface area contributed by atoms with E-state index in [2.05, 4.69) is 35.6 Å². The second-order valence-electron chi connectivity index (χ2n) is 6.30. The predicted octanol–water partition coefficient (Wildman–Crippen LogP) is 2.94. The number of nitrogens with one attached hydrogen (secondary N) is 1. The fourth-order valence-electron chi connectivity index (χ4n) is 2.88. The SMILES string of the molecule is c1ccc(CCCOCC2CCC(CNC3CC3)O2)cc1. The number of aryl methyl sites for hydroxylation is 1. The molecule has 116 valence electrons. The minimum Gasteiger partial charge on any atom is -0.379 e. The lowest BCUT2D eigenvalue weighted by atomic mass is 10.1. The second-order valence-corrected chi connectivity index (χ2v) is 6.30. The van der Waals surface area contributed by atoms with Gasteiger partial charge in [-0.3, -0.25) is 0 Å². The molecule has 0 aromatic heterocycles. The summed E-state index contributed by atoms with van der Waals surface area (Å²) < 4.78 is 11.8. The topological polar surface area (TPSA) is 30.5 Å². The summed E-state index contributed by atoms with van der Waals surface area (Å²) in [6.07, 6.45) is 7.93. The van der Waals surface area contributed by atoms with Gasteiger partial charge in [0.1, 0.15) is 0 Å². The van der Waals surface area contributed by atoms with E-state index in [0.717, 1.165) is 45.1 Å².